The van der Waals surface area contributed by atoms with Gasteiger partial charge in [-0.25, -0.2) is 0 Å². The summed E-state index contributed by atoms with van der Waals surface area (Å²) >= 11 is 0. The van der Waals surface area contributed by atoms with Gasteiger partial charge in [0.2, 0.25) is 0 Å². The molecule has 0 amide bonds. The van der Waals surface area contributed by atoms with Gasteiger partial charge in [-0.1, -0.05) is 54.1 Å². The zero-order valence-electron chi connectivity index (χ0n) is 23.7. The van der Waals surface area contributed by atoms with Crippen LogP contribution in [0.3, 0.4) is 0 Å². The van der Waals surface area contributed by atoms with Gasteiger partial charge in [-0.05, 0) is 54.3 Å². The van der Waals surface area contributed by atoms with E-state index in [1.807, 2.05) is 79.0 Å². The first-order valence-electron chi connectivity index (χ1n) is 14.0. The Morgan fingerprint density at radius 1 is 0.614 bits per heavy atom. The molecule has 1 atom stereocenters. The number of nitrogens with zero attached hydrogens (tertiary/aromatic N) is 6. The summed E-state index contributed by atoms with van der Waals surface area (Å²) in [5, 5.41) is 7.65. The molecule has 1 aliphatic carbocycles. The molecule has 0 unspecified atom stereocenters. The average Bonchev–Trinajstić information content (AvgIpc) is 3.66. The number of fused-ring (bicyclic) bond motifs is 3. The van der Waals surface area contributed by atoms with E-state index in [2.05, 4.69) is 80.8 Å². The molecule has 4 heterocycles. The van der Waals surface area contributed by atoms with Gasteiger partial charge in [0.15, 0.2) is 0 Å². The van der Waals surface area contributed by atoms with E-state index in [0.29, 0.717) is 11.6 Å². The van der Waals surface area contributed by atoms with Crippen LogP contribution in [0.2, 0.25) is 0 Å². The molecule has 6 nitrogen and oxygen atoms in total. The quantitative estimate of drug-likeness (QED) is 0.183. The predicted octanol–water partition coefficient (Wildman–Crippen LogP) is 6.91. The summed E-state index contributed by atoms with van der Waals surface area (Å²) < 4.78 is 0. The number of pyridine rings is 3. The molecule has 0 saturated heterocycles. The van der Waals surface area contributed by atoms with Gasteiger partial charge in [0.25, 0.3) is 0 Å². The molecule has 212 valence electrons. The van der Waals surface area contributed by atoms with Crippen LogP contribution in [0.15, 0.2) is 134 Å². The minimum Gasteiger partial charge on any atom is -0.421 e. The topological polar surface area (TPSA) is 78.5 Å². The molecule has 8 rings (SSSR count). The number of hydrogen-bond acceptors (Lipinski definition) is 5. The van der Waals surface area contributed by atoms with Crippen LogP contribution in [-0.4, -0.2) is 25.0 Å². The maximum atomic E-state index is 5.18. The normalized spacial score (nSPS) is 14.4. The predicted molar refractivity (Wildman–Crippen MR) is 166 cm³/mol. The van der Waals surface area contributed by atoms with Crippen molar-refractivity contribution in [3.63, 3.8) is 0 Å². The van der Waals surface area contributed by atoms with E-state index in [9.17, 15) is 0 Å². The van der Waals surface area contributed by atoms with E-state index in [-0.39, 0.29) is 20.1 Å². The summed E-state index contributed by atoms with van der Waals surface area (Å²) in [6.07, 6.45) is 3.57. The van der Waals surface area contributed by atoms with Gasteiger partial charge in [-0.15, -0.1) is 47.0 Å². The van der Waals surface area contributed by atoms with Crippen LogP contribution in [0.5, 0.6) is 0 Å². The molecule has 44 heavy (non-hydrogen) atoms. The largest absolute Gasteiger partial charge is 3.00 e. The van der Waals surface area contributed by atoms with Crippen LogP contribution >= 0.6 is 0 Å². The number of hydrogen-bond donors (Lipinski definition) is 0. The standard InChI is InChI=1S/C29H18N2.C8H7N4.Ir/c1-2-11-21(12-3-1)26-17-10-19-28(31-26)29(27-18-8-9-20-30-27)24-15-6-4-13-22(24)23-14-5-7-16-25(23)29;1-6-10-8(12-11-6)7-4-2-3-5-9-7;/h1-11,13-15,17-20H;2-5H,1H3;/q-2;-1;+3/t29-;;/m0../s1. The fourth-order valence-electron chi connectivity index (χ4n) is 5.67. The van der Waals surface area contributed by atoms with Crippen molar-refractivity contribution in [2.75, 3.05) is 0 Å². The van der Waals surface area contributed by atoms with E-state index in [1.165, 1.54) is 16.7 Å². The van der Waals surface area contributed by atoms with Crippen molar-refractivity contribution < 1.29 is 20.1 Å². The van der Waals surface area contributed by atoms with Crippen molar-refractivity contribution in [1.29, 1.82) is 0 Å². The Morgan fingerprint density at radius 3 is 2.09 bits per heavy atom. The molecular formula is C37H25IrN6. The van der Waals surface area contributed by atoms with Gasteiger partial charge in [0.05, 0.1) is 16.8 Å². The minimum atomic E-state index is -0.626. The second kappa shape index (κ2) is 12.6. The van der Waals surface area contributed by atoms with Crippen LogP contribution in [0.25, 0.3) is 33.9 Å². The van der Waals surface area contributed by atoms with Crippen molar-refractivity contribution >= 4 is 0 Å². The molecule has 0 bridgehead atoms. The first kappa shape index (κ1) is 29.0. The Kier molecular flexibility index (Phi) is 8.33. The Labute approximate surface area is 269 Å². The third-order valence-corrected chi connectivity index (χ3v) is 7.47. The first-order chi connectivity index (χ1) is 21.2. The fourth-order valence-corrected chi connectivity index (χ4v) is 5.67. The van der Waals surface area contributed by atoms with E-state index in [1.54, 1.807) is 13.1 Å². The molecule has 1 aliphatic rings. The number of aryl methyl sites for hydroxylation is 1. The Bertz CT molecular complexity index is 1950. The van der Waals surface area contributed by atoms with Gasteiger partial charge in [-0.2, -0.15) is 24.3 Å². The van der Waals surface area contributed by atoms with Gasteiger partial charge in [0.1, 0.15) is 0 Å². The van der Waals surface area contributed by atoms with Gasteiger partial charge >= 0.3 is 20.1 Å². The smallest absolute Gasteiger partial charge is 0.421 e. The monoisotopic (exact) mass is 746 g/mol. The van der Waals surface area contributed by atoms with Crippen molar-refractivity contribution in [3.05, 3.63) is 174 Å². The Morgan fingerprint density at radius 2 is 1.34 bits per heavy atom. The number of aromatic nitrogens is 6. The molecule has 0 fully saturated rings. The maximum absolute atomic E-state index is 5.18. The van der Waals surface area contributed by atoms with Crippen LogP contribution < -0.4 is 5.10 Å². The third-order valence-electron chi connectivity index (χ3n) is 7.47. The Hall–Kier alpha value is -5.10. The molecular weight excluding hydrogens is 721 g/mol. The fraction of sp³-hybridized carbons (Fsp3) is 0.0541. The summed E-state index contributed by atoms with van der Waals surface area (Å²) in [5.41, 5.74) is 8.57. The average molecular weight is 746 g/mol. The van der Waals surface area contributed by atoms with Crippen molar-refractivity contribution in [3.8, 4) is 33.9 Å². The summed E-state index contributed by atoms with van der Waals surface area (Å²) in [5.74, 6) is 1.27. The first-order valence-corrected chi connectivity index (χ1v) is 14.0. The van der Waals surface area contributed by atoms with Crippen LogP contribution in [-0.2, 0) is 25.5 Å². The summed E-state index contributed by atoms with van der Waals surface area (Å²) in [6.45, 7) is 1.80. The SMILES string of the molecule is Cc1n[n-]c(-c2ccccn2)n1.[Ir+3].[c-]1ccccc1-c1cccc([C@]2(c3ccccn3)c3[c-]cccc3-c3ccccc32)n1. The zero-order chi connectivity index (χ0) is 29.1. The summed E-state index contributed by atoms with van der Waals surface area (Å²) in [7, 11) is 0. The van der Waals surface area contributed by atoms with Crippen molar-refractivity contribution in [1.82, 2.24) is 30.1 Å². The molecule has 4 aromatic heterocycles. The van der Waals surface area contributed by atoms with E-state index >= 15 is 0 Å². The summed E-state index contributed by atoms with van der Waals surface area (Å²) in [6, 6.07) is 47.5. The number of rotatable bonds is 4. The minimum absolute atomic E-state index is 0. The zero-order valence-corrected chi connectivity index (χ0v) is 26.1. The van der Waals surface area contributed by atoms with Gasteiger partial charge < -0.3 is 10.1 Å². The second-order valence-electron chi connectivity index (χ2n) is 10.1. The van der Waals surface area contributed by atoms with E-state index in [0.717, 1.165) is 33.9 Å². The third kappa shape index (κ3) is 5.17. The summed E-state index contributed by atoms with van der Waals surface area (Å²) in [4.78, 5) is 18.2. The molecule has 7 aromatic rings. The van der Waals surface area contributed by atoms with Gasteiger partial charge in [0, 0.05) is 23.9 Å². The van der Waals surface area contributed by atoms with E-state index < -0.39 is 5.41 Å². The molecule has 0 radical (unpaired) electrons. The van der Waals surface area contributed by atoms with E-state index in [4.69, 9.17) is 9.97 Å². The molecule has 0 saturated carbocycles. The molecule has 3 aromatic carbocycles. The van der Waals surface area contributed by atoms with Crippen LogP contribution in [0.1, 0.15) is 28.3 Å². The maximum Gasteiger partial charge on any atom is 3.00 e. The Balaban J connectivity index is 0.000000222. The molecule has 0 N–H and O–H groups in total. The van der Waals surface area contributed by atoms with Crippen LogP contribution in [0.4, 0.5) is 0 Å². The number of benzene rings is 3. The molecule has 0 spiro atoms. The van der Waals surface area contributed by atoms with Crippen LogP contribution in [0, 0.1) is 19.1 Å². The van der Waals surface area contributed by atoms with Crippen molar-refractivity contribution in [2.24, 2.45) is 0 Å². The second-order valence-corrected chi connectivity index (χ2v) is 10.1. The molecule has 7 heteroatoms. The van der Waals surface area contributed by atoms with Crippen molar-refractivity contribution in [2.45, 2.75) is 12.3 Å². The molecule has 0 aliphatic heterocycles. The van der Waals surface area contributed by atoms with Gasteiger partial charge in [-0.3, -0.25) is 20.1 Å².